The van der Waals surface area contributed by atoms with Crippen LogP contribution in [0.25, 0.3) is 0 Å². The molecule has 1 atom stereocenters. The molecule has 1 heterocycles. The lowest BCUT2D eigenvalue weighted by Gasteiger charge is -2.31. The number of nitrogens with zero attached hydrogens (tertiary/aromatic N) is 1. The standard InChI is InChI=1S/C17H25N3O4S/c21-17(20-10-12-24-13-11-20)16(14-6-2-1-3-7-14)19-25(22,23)18-15-8-4-5-9-15/h1-3,6-7,15-16,18-19H,4-5,8-13H2. The van der Waals surface area contributed by atoms with Crippen molar-refractivity contribution in [3.8, 4) is 0 Å². The van der Waals surface area contributed by atoms with E-state index >= 15 is 0 Å². The lowest BCUT2D eigenvalue weighted by molar-refractivity contribution is -0.137. The van der Waals surface area contributed by atoms with Crippen molar-refractivity contribution in [1.82, 2.24) is 14.3 Å². The second-order valence-electron chi connectivity index (χ2n) is 6.50. The summed E-state index contributed by atoms with van der Waals surface area (Å²) in [6, 6.07) is 7.99. The van der Waals surface area contributed by atoms with E-state index in [1.165, 1.54) is 0 Å². The maximum absolute atomic E-state index is 12.9. The molecule has 3 rings (SSSR count). The molecule has 0 radical (unpaired) electrons. The van der Waals surface area contributed by atoms with Gasteiger partial charge in [-0.05, 0) is 18.4 Å². The van der Waals surface area contributed by atoms with Gasteiger partial charge in [-0.15, -0.1) is 0 Å². The highest BCUT2D eigenvalue weighted by atomic mass is 32.2. The number of hydrogen-bond donors (Lipinski definition) is 2. The first kappa shape index (κ1) is 18.3. The van der Waals surface area contributed by atoms with E-state index in [-0.39, 0.29) is 11.9 Å². The minimum atomic E-state index is -3.77. The summed E-state index contributed by atoms with van der Waals surface area (Å²) in [5.41, 5.74) is 0.635. The van der Waals surface area contributed by atoms with Crippen molar-refractivity contribution >= 4 is 16.1 Å². The zero-order valence-electron chi connectivity index (χ0n) is 14.2. The molecule has 1 unspecified atom stereocenters. The van der Waals surface area contributed by atoms with Crippen LogP contribution in [0, 0.1) is 0 Å². The van der Waals surface area contributed by atoms with Crippen molar-refractivity contribution in [1.29, 1.82) is 0 Å². The Kier molecular flexibility index (Phi) is 6.06. The zero-order valence-corrected chi connectivity index (χ0v) is 15.0. The third-order valence-electron chi connectivity index (χ3n) is 4.65. The molecule has 7 nitrogen and oxygen atoms in total. The number of nitrogens with one attached hydrogen (secondary N) is 2. The Morgan fingerprint density at radius 2 is 1.76 bits per heavy atom. The van der Waals surface area contributed by atoms with E-state index < -0.39 is 16.3 Å². The van der Waals surface area contributed by atoms with Gasteiger partial charge in [-0.3, -0.25) is 4.79 Å². The van der Waals surface area contributed by atoms with E-state index in [2.05, 4.69) is 9.44 Å². The van der Waals surface area contributed by atoms with Crippen LogP contribution in [0.1, 0.15) is 37.3 Å². The van der Waals surface area contributed by atoms with Crippen LogP contribution in [0.3, 0.4) is 0 Å². The van der Waals surface area contributed by atoms with Gasteiger partial charge in [0.1, 0.15) is 6.04 Å². The Morgan fingerprint density at radius 3 is 2.40 bits per heavy atom. The Morgan fingerprint density at radius 1 is 1.12 bits per heavy atom. The average Bonchev–Trinajstić information content (AvgIpc) is 3.13. The molecule has 0 aromatic heterocycles. The third kappa shape index (κ3) is 5.01. The van der Waals surface area contributed by atoms with Crippen molar-refractivity contribution in [3.63, 3.8) is 0 Å². The van der Waals surface area contributed by atoms with Crippen LogP contribution in [-0.4, -0.2) is 51.6 Å². The van der Waals surface area contributed by atoms with Gasteiger partial charge in [0.25, 0.3) is 10.2 Å². The molecule has 1 aliphatic carbocycles. The second-order valence-corrected chi connectivity index (χ2v) is 7.98. The largest absolute Gasteiger partial charge is 0.378 e. The van der Waals surface area contributed by atoms with E-state index in [0.717, 1.165) is 25.7 Å². The molecule has 1 aliphatic heterocycles. The van der Waals surface area contributed by atoms with Crippen LogP contribution in [0.5, 0.6) is 0 Å². The first-order chi connectivity index (χ1) is 12.1. The molecule has 1 saturated carbocycles. The quantitative estimate of drug-likeness (QED) is 0.784. The highest BCUT2D eigenvalue weighted by Gasteiger charge is 2.32. The zero-order chi connectivity index (χ0) is 17.7. The highest BCUT2D eigenvalue weighted by Crippen LogP contribution is 2.20. The summed E-state index contributed by atoms with van der Waals surface area (Å²) in [6.07, 6.45) is 3.74. The number of rotatable bonds is 6. The van der Waals surface area contributed by atoms with Crippen molar-refractivity contribution in [2.45, 2.75) is 37.8 Å². The summed E-state index contributed by atoms with van der Waals surface area (Å²) < 4.78 is 35.6. The van der Waals surface area contributed by atoms with Crippen molar-refractivity contribution in [2.24, 2.45) is 0 Å². The molecule has 0 bridgehead atoms. The minimum Gasteiger partial charge on any atom is -0.378 e. The Balaban J connectivity index is 1.77. The Labute approximate surface area is 148 Å². The number of ether oxygens (including phenoxy) is 1. The fraction of sp³-hybridized carbons (Fsp3) is 0.588. The van der Waals surface area contributed by atoms with Gasteiger partial charge in [-0.1, -0.05) is 43.2 Å². The summed E-state index contributed by atoms with van der Waals surface area (Å²) in [6.45, 7) is 1.89. The van der Waals surface area contributed by atoms with Crippen LogP contribution in [0.2, 0.25) is 0 Å². The summed E-state index contributed by atoms with van der Waals surface area (Å²) in [7, 11) is -3.77. The molecule has 2 aliphatic rings. The second kappa shape index (κ2) is 8.27. The fourth-order valence-corrected chi connectivity index (χ4v) is 4.61. The van der Waals surface area contributed by atoms with Gasteiger partial charge in [0, 0.05) is 19.1 Å². The van der Waals surface area contributed by atoms with Gasteiger partial charge in [0.05, 0.1) is 13.2 Å². The number of amides is 1. The molecule has 0 spiro atoms. The number of benzene rings is 1. The maximum atomic E-state index is 12.9. The van der Waals surface area contributed by atoms with E-state index in [1.807, 2.05) is 6.07 Å². The number of morpholine rings is 1. The van der Waals surface area contributed by atoms with Gasteiger partial charge in [0.2, 0.25) is 5.91 Å². The lowest BCUT2D eigenvalue weighted by atomic mass is 10.1. The predicted octanol–water partition coefficient (Wildman–Crippen LogP) is 0.953. The lowest BCUT2D eigenvalue weighted by Crippen LogP contribution is -2.50. The van der Waals surface area contributed by atoms with E-state index in [9.17, 15) is 13.2 Å². The molecule has 25 heavy (non-hydrogen) atoms. The normalized spacial score (nSPS) is 20.6. The first-order valence-corrected chi connectivity index (χ1v) is 10.2. The van der Waals surface area contributed by atoms with Crippen LogP contribution in [0.4, 0.5) is 0 Å². The molecule has 2 N–H and O–H groups in total. The topological polar surface area (TPSA) is 87.7 Å². The maximum Gasteiger partial charge on any atom is 0.278 e. The van der Waals surface area contributed by atoms with Crippen molar-refractivity contribution in [2.75, 3.05) is 26.3 Å². The molecule has 8 heteroatoms. The molecular weight excluding hydrogens is 342 g/mol. The van der Waals surface area contributed by atoms with Crippen molar-refractivity contribution < 1.29 is 17.9 Å². The molecule has 2 fully saturated rings. The molecular formula is C17H25N3O4S. The molecule has 1 aromatic rings. The van der Waals surface area contributed by atoms with Crippen LogP contribution < -0.4 is 9.44 Å². The number of hydrogen-bond acceptors (Lipinski definition) is 4. The number of carbonyl (C=O) groups is 1. The van der Waals surface area contributed by atoms with E-state index in [0.29, 0.717) is 31.9 Å². The molecule has 1 aromatic carbocycles. The minimum absolute atomic E-state index is 0.0487. The van der Waals surface area contributed by atoms with Gasteiger partial charge in [-0.25, -0.2) is 0 Å². The summed E-state index contributed by atoms with van der Waals surface area (Å²) in [5.74, 6) is -0.244. The summed E-state index contributed by atoms with van der Waals surface area (Å²) in [4.78, 5) is 14.6. The van der Waals surface area contributed by atoms with Gasteiger partial charge in [-0.2, -0.15) is 17.9 Å². The van der Waals surface area contributed by atoms with Crippen LogP contribution in [0.15, 0.2) is 30.3 Å². The summed E-state index contributed by atoms with van der Waals surface area (Å²) >= 11 is 0. The fourth-order valence-electron chi connectivity index (χ4n) is 3.33. The Hall–Kier alpha value is -1.48. The third-order valence-corrected chi connectivity index (χ3v) is 5.84. The average molecular weight is 367 g/mol. The molecule has 1 saturated heterocycles. The first-order valence-electron chi connectivity index (χ1n) is 8.76. The molecule has 138 valence electrons. The smallest absolute Gasteiger partial charge is 0.278 e. The van der Waals surface area contributed by atoms with Gasteiger partial charge < -0.3 is 9.64 Å². The Bertz CT molecular complexity index is 668. The SMILES string of the molecule is O=C(C(NS(=O)(=O)NC1CCCC1)c1ccccc1)N1CCOCC1. The van der Waals surface area contributed by atoms with Gasteiger partial charge >= 0.3 is 0 Å². The summed E-state index contributed by atoms with van der Waals surface area (Å²) in [5, 5.41) is 0. The van der Waals surface area contributed by atoms with Crippen LogP contribution in [-0.2, 0) is 19.7 Å². The molecule has 1 amide bonds. The number of carbonyl (C=O) groups excluding carboxylic acids is 1. The van der Waals surface area contributed by atoms with Gasteiger partial charge in [0.15, 0.2) is 0 Å². The van der Waals surface area contributed by atoms with E-state index in [1.54, 1.807) is 29.2 Å². The van der Waals surface area contributed by atoms with Crippen LogP contribution >= 0.6 is 0 Å². The van der Waals surface area contributed by atoms with Crippen molar-refractivity contribution in [3.05, 3.63) is 35.9 Å². The highest BCUT2D eigenvalue weighted by molar-refractivity contribution is 7.87. The van der Waals surface area contributed by atoms with E-state index in [4.69, 9.17) is 4.74 Å². The monoisotopic (exact) mass is 367 g/mol. The predicted molar refractivity (Wildman–Crippen MR) is 94.0 cm³/mol.